The van der Waals surface area contributed by atoms with Gasteiger partial charge in [-0.1, -0.05) is 61.9 Å². The summed E-state index contributed by atoms with van der Waals surface area (Å²) in [5.41, 5.74) is 4.51. The van der Waals surface area contributed by atoms with E-state index < -0.39 is 30.1 Å². The highest BCUT2D eigenvalue weighted by Gasteiger charge is 2.38. The molecule has 1 heterocycles. The first-order valence-corrected chi connectivity index (χ1v) is 12.1. The number of carboxylic acid groups (broad SMARTS) is 1. The van der Waals surface area contributed by atoms with Gasteiger partial charge in [0.2, 0.25) is 0 Å². The van der Waals surface area contributed by atoms with Crippen molar-refractivity contribution in [3.63, 3.8) is 0 Å². The number of rotatable bonds is 8. The second-order valence-corrected chi connectivity index (χ2v) is 9.12. The molecule has 1 saturated heterocycles. The van der Waals surface area contributed by atoms with E-state index in [2.05, 4.69) is 17.4 Å². The fourth-order valence-electron chi connectivity index (χ4n) is 5.19. The van der Waals surface area contributed by atoms with Crippen LogP contribution >= 0.6 is 0 Å². The van der Waals surface area contributed by atoms with E-state index in [1.165, 1.54) is 12.0 Å². The van der Waals surface area contributed by atoms with Crippen molar-refractivity contribution in [2.24, 2.45) is 5.92 Å². The summed E-state index contributed by atoms with van der Waals surface area (Å²) in [6, 6.07) is 15.3. The van der Waals surface area contributed by atoms with Gasteiger partial charge in [0.15, 0.2) is 6.10 Å². The molecule has 1 aliphatic heterocycles. The predicted octanol–water partition coefficient (Wildman–Crippen LogP) is 3.64. The number of nitrogens with one attached hydrogen (secondary N) is 1. The standard InChI is InChI=1S/C27H32N2O6/c1-3-17-12-13-29(23(14-17)26(31)32)25(30)24(34-2)15-28-27(33)35-16-22-20-10-6-4-8-18(20)19-9-5-7-11-21(19)22/h4-11,17,22-24H,3,12-16H2,1-2H3,(H,28,33)(H,31,32). The fourth-order valence-corrected chi connectivity index (χ4v) is 5.19. The number of methoxy groups -OCH3 is 1. The van der Waals surface area contributed by atoms with Gasteiger partial charge in [-0.15, -0.1) is 0 Å². The van der Waals surface area contributed by atoms with Gasteiger partial charge < -0.3 is 24.8 Å². The maximum absolute atomic E-state index is 13.0. The lowest BCUT2D eigenvalue weighted by Gasteiger charge is -2.38. The van der Waals surface area contributed by atoms with Crippen LogP contribution in [-0.4, -0.2) is 66.9 Å². The number of alkyl carbamates (subject to hydrolysis) is 1. The van der Waals surface area contributed by atoms with Crippen molar-refractivity contribution in [3.8, 4) is 11.1 Å². The van der Waals surface area contributed by atoms with E-state index in [1.807, 2.05) is 43.3 Å². The second kappa shape index (κ2) is 10.9. The molecule has 1 aliphatic carbocycles. The molecule has 2 N–H and O–H groups in total. The lowest BCUT2D eigenvalue weighted by molar-refractivity contribution is -0.158. The van der Waals surface area contributed by atoms with E-state index in [9.17, 15) is 19.5 Å². The van der Waals surface area contributed by atoms with Gasteiger partial charge in [0.05, 0.1) is 6.54 Å². The number of aliphatic carboxylic acids is 1. The Kier molecular flexibility index (Phi) is 7.70. The maximum atomic E-state index is 13.0. The zero-order chi connectivity index (χ0) is 24.9. The topological polar surface area (TPSA) is 105 Å². The van der Waals surface area contributed by atoms with Gasteiger partial charge in [-0.05, 0) is 41.0 Å². The van der Waals surface area contributed by atoms with Crippen LogP contribution in [0.3, 0.4) is 0 Å². The zero-order valence-electron chi connectivity index (χ0n) is 20.1. The molecule has 0 radical (unpaired) electrons. The molecule has 3 unspecified atom stereocenters. The minimum Gasteiger partial charge on any atom is -0.480 e. The van der Waals surface area contributed by atoms with Crippen molar-refractivity contribution in [2.75, 3.05) is 26.8 Å². The van der Waals surface area contributed by atoms with Crippen LogP contribution in [0.5, 0.6) is 0 Å². The van der Waals surface area contributed by atoms with Crippen LogP contribution in [0.4, 0.5) is 4.79 Å². The van der Waals surface area contributed by atoms with E-state index in [0.717, 1.165) is 35.1 Å². The Bertz CT molecular complexity index is 1040. The quantitative estimate of drug-likeness (QED) is 0.598. The first-order chi connectivity index (χ1) is 16.9. The Morgan fingerprint density at radius 1 is 1.09 bits per heavy atom. The first-order valence-electron chi connectivity index (χ1n) is 12.1. The Hall–Kier alpha value is -3.39. The number of carbonyl (C=O) groups excluding carboxylic acids is 2. The van der Waals surface area contributed by atoms with Crippen molar-refractivity contribution in [3.05, 3.63) is 59.7 Å². The van der Waals surface area contributed by atoms with Gasteiger partial charge in [0.25, 0.3) is 5.91 Å². The Labute approximate surface area is 205 Å². The van der Waals surface area contributed by atoms with Crippen LogP contribution in [0.1, 0.15) is 43.2 Å². The number of hydrogen-bond acceptors (Lipinski definition) is 5. The molecule has 186 valence electrons. The Morgan fingerprint density at radius 2 is 1.71 bits per heavy atom. The van der Waals surface area contributed by atoms with Crippen LogP contribution in [0.15, 0.2) is 48.5 Å². The predicted molar refractivity (Wildman–Crippen MR) is 130 cm³/mol. The number of benzene rings is 2. The number of ether oxygens (including phenoxy) is 2. The monoisotopic (exact) mass is 480 g/mol. The zero-order valence-corrected chi connectivity index (χ0v) is 20.1. The molecule has 2 aromatic rings. The van der Waals surface area contributed by atoms with E-state index in [-0.39, 0.29) is 25.0 Å². The van der Waals surface area contributed by atoms with E-state index in [1.54, 1.807) is 0 Å². The summed E-state index contributed by atoms with van der Waals surface area (Å²) >= 11 is 0. The van der Waals surface area contributed by atoms with E-state index >= 15 is 0 Å². The largest absolute Gasteiger partial charge is 0.480 e. The van der Waals surface area contributed by atoms with Gasteiger partial charge in [-0.25, -0.2) is 9.59 Å². The number of piperidine rings is 1. The van der Waals surface area contributed by atoms with E-state index in [0.29, 0.717) is 13.0 Å². The Morgan fingerprint density at radius 3 is 2.29 bits per heavy atom. The highest BCUT2D eigenvalue weighted by molar-refractivity contribution is 5.87. The van der Waals surface area contributed by atoms with Crippen LogP contribution in [-0.2, 0) is 19.1 Å². The van der Waals surface area contributed by atoms with Crippen LogP contribution in [0.2, 0.25) is 0 Å². The van der Waals surface area contributed by atoms with Crippen molar-refractivity contribution in [2.45, 2.75) is 44.2 Å². The van der Waals surface area contributed by atoms with Crippen LogP contribution < -0.4 is 5.32 Å². The van der Waals surface area contributed by atoms with Crippen molar-refractivity contribution >= 4 is 18.0 Å². The summed E-state index contributed by atoms with van der Waals surface area (Å²) in [5.74, 6) is -1.24. The fraction of sp³-hybridized carbons (Fsp3) is 0.444. The first kappa shape index (κ1) is 24.7. The molecule has 1 fully saturated rings. The molecule has 2 aromatic carbocycles. The number of fused-ring (bicyclic) bond motifs is 3. The van der Waals surface area contributed by atoms with Crippen molar-refractivity contribution < 1.29 is 29.0 Å². The molecule has 0 aromatic heterocycles. The van der Waals surface area contributed by atoms with Gasteiger partial charge in [0, 0.05) is 19.6 Å². The molecule has 2 aliphatic rings. The third-order valence-corrected chi connectivity index (χ3v) is 7.19. The number of nitrogens with zero attached hydrogens (tertiary/aromatic N) is 1. The number of carbonyl (C=O) groups is 3. The number of hydrogen-bond donors (Lipinski definition) is 2. The summed E-state index contributed by atoms with van der Waals surface area (Å²) in [7, 11) is 1.37. The molecule has 4 rings (SSSR count). The molecule has 0 bridgehead atoms. The number of likely N-dealkylation sites (tertiary alicyclic amines) is 1. The summed E-state index contributed by atoms with van der Waals surface area (Å²) < 4.78 is 10.8. The maximum Gasteiger partial charge on any atom is 0.407 e. The molecule has 2 amide bonds. The highest BCUT2D eigenvalue weighted by Crippen LogP contribution is 2.44. The SMILES string of the molecule is CCC1CCN(C(=O)C(CNC(=O)OCC2c3ccccc3-c3ccccc32)OC)C(C(=O)O)C1. The number of carboxylic acids is 1. The minimum absolute atomic E-state index is 0.0656. The smallest absolute Gasteiger partial charge is 0.407 e. The molecular formula is C27H32N2O6. The van der Waals surface area contributed by atoms with E-state index in [4.69, 9.17) is 9.47 Å². The lowest BCUT2D eigenvalue weighted by Crippen LogP contribution is -2.55. The third-order valence-electron chi connectivity index (χ3n) is 7.19. The van der Waals surface area contributed by atoms with Gasteiger partial charge in [0.1, 0.15) is 12.6 Å². The number of amides is 2. The molecule has 8 heteroatoms. The molecule has 0 saturated carbocycles. The third kappa shape index (κ3) is 5.17. The summed E-state index contributed by atoms with van der Waals surface area (Å²) in [6.45, 7) is 2.44. The molecule has 0 spiro atoms. The van der Waals surface area contributed by atoms with Crippen LogP contribution in [0, 0.1) is 5.92 Å². The average molecular weight is 481 g/mol. The summed E-state index contributed by atoms with van der Waals surface area (Å²) in [4.78, 5) is 38.7. The highest BCUT2D eigenvalue weighted by atomic mass is 16.5. The van der Waals surface area contributed by atoms with Gasteiger partial charge >= 0.3 is 12.1 Å². The molecular weight excluding hydrogens is 448 g/mol. The normalized spacial score (nSPS) is 20.0. The lowest BCUT2D eigenvalue weighted by atomic mass is 9.88. The summed E-state index contributed by atoms with van der Waals surface area (Å²) in [6.07, 6.45) is 0.413. The van der Waals surface area contributed by atoms with Crippen molar-refractivity contribution in [1.82, 2.24) is 10.2 Å². The minimum atomic E-state index is -1.02. The summed E-state index contributed by atoms with van der Waals surface area (Å²) in [5, 5.41) is 12.2. The van der Waals surface area contributed by atoms with Crippen LogP contribution in [0.25, 0.3) is 11.1 Å². The second-order valence-electron chi connectivity index (χ2n) is 9.12. The van der Waals surface area contributed by atoms with Crippen molar-refractivity contribution in [1.29, 1.82) is 0 Å². The van der Waals surface area contributed by atoms with Gasteiger partial charge in [-0.2, -0.15) is 0 Å². The molecule has 35 heavy (non-hydrogen) atoms. The average Bonchev–Trinajstić information content (AvgIpc) is 3.21. The van der Waals surface area contributed by atoms with Gasteiger partial charge in [-0.3, -0.25) is 4.79 Å². The molecule has 3 atom stereocenters. The Balaban J connectivity index is 1.34. The molecule has 8 nitrogen and oxygen atoms in total.